The third kappa shape index (κ3) is 3.29. The fourth-order valence-electron chi connectivity index (χ4n) is 1.60. The van der Waals surface area contributed by atoms with Crippen molar-refractivity contribution in [1.82, 2.24) is 0 Å². The molecule has 2 nitrogen and oxygen atoms in total. The van der Waals surface area contributed by atoms with Crippen molar-refractivity contribution in [3.8, 4) is 0 Å². The Kier molecular flexibility index (Phi) is 4.01. The van der Waals surface area contributed by atoms with Gasteiger partial charge >= 0.3 is 6.18 Å². The lowest BCUT2D eigenvalue weighted by Crippen LogP contribution is -2.04. The van der Waals surface area contributed by atoms with Gasteiger partial charge in [-0.2, -0.15) is 13.2 Å². The molecule has 0 spiro atoms. The summed E-state index contributed by atoms with van der Waals surface area (Å²) in [5.74, 6) is 0. The highest BCUT2D eigenvalue weighted by Crippen LogP contribution is 2.36. The molecule has 0 saturated heterocycles. The summed E-state index contributed by atoms with van der Waals surface area (Å²) in [6.07, 6.45) is -4.37. The number of nitrogen functional groups attached to an aromatic ring is 1. The Balaban J connectivity index is 2.27. The molecule has 7 heteroatoms. The van der Waals surface area contributed by atoms with Crippen molar-refractivity contribution in [3.05, 3.63) is 52.0 Å². The van der Waals surface area contributed by atoms with Crippen LogP contribution in [-0.2, 0) is 6.18 Å². The number of hydrogen-bond donors (Lipinski definition) is 2. The summed E-state index contributed by atoms with van der Waals surface area (Å²) in [6.45, 7) is 0. The summed E-state index contributed by atoms with van der Waals surface area (Å²) in [7, 11) is 0. The van der Waals surface area contributed by atoms with Crippen LogP contribution in [0.15, 0.2) is 36.4 Å². The highest BCUT2D eigenvalue weighted by Gasteiger charge is 2.29. The quantitative estimate of drug-likeness (QED) is 0.733. The Hall–Kier alpha value is -1.59. The fraction of sp³-hybridized carbons (Fsp3) is 0.0769. The third-order valence-corrected chi connectivity index (χ3v) is 3.14. The summed E-state index contributed by atoms with van der Waals surface area (Å²) < 4.78 is 37.3. The Morgan fingerprint density at radius 1 is 0.950 bits per heavy atom. The molecule has 0 aromatic heterocycles. The topological polar surface area (TPSA) is 38.0 Å². The van der Waals surface area contributed by atoms with E-state index in [-0.39, 0.29) is 10.0 Å². The van der Waals surface area contributed by atoms with Crippen LogP contribution in [0.5, 0.6) is 0 Å². The number of nitrogens with two attached hydrogens (primary N) is 1. The molecule has 0 atom stereocenters. The van der Waals surface area contributed by atoms with E-state index in [4.69, 9.17) is 28.9 Å². The van der Waals surface area contributed by atoms with Crippen molar-refractivity contribution in [2.75, 3.05) is 11.1 Å². The SMILES string of the molecule is Nc1cc(Cl)c(Nc2ccc(C(F)(F)F)cc2)c(Cl)c1. The van der Waals surface area contributed by atoms with Gasteiger partial charge in [-0.25, -0.2) is 0 Å². The smallest absolute Gasteiger partial charge is 0.399 e. The molecule has 0 aliphatic heterocycles. The van der Waals surface area contributed by atoms with Crippen molar-refractivity contribution < 1.29 is 13.2 Å². The van der Waals surface area contributed by atoms with Crippen LogP contribution in [0.2, 0.25) is 10.0 Å². The van der Waals surface area contributed by atoms with E-state index in [9.17, 15) is 13.2 Å². The molecule has 20 heavy (non-hydrogen) atoms. The molecular formula is C13H9Cl2F3N2. The summed E-state index contributed by atoms with van der Waals surface area (Å²) in [5, 5.41) is 3.43. The van der Waals surface area contributed by atoms with Gasteiger partial charge < -0.3 is 11.1 Å². The molecule has 106 valence electrons. The molecule has 0 radical (unpaired) electrons. The van der Waals surface area contributed by atoms with Gasteiger partial charge in [-0.05, 0) is 36.4 Å². The minimum atomic E-state index is -4.37. The van der Waals surface area contributed by atoms with E-state index in [0.717, 1.165) is 12.1 Å². The first-order chi connectivity index (χ1) is 9.27. The molecule has 0 aliphatic carbocycles. The molecule has 0 unspecified atom stereocenters. The summed E-state index contributed by atoms with van der Waals surface area (Å²) in [5.41, 5.74) is 6.07. The first-order valence-electron chi connectivity index (χ1n) is 5.46. The lowest BCUT2D eigenvalue weighted by molar-refractivity contribution is -0.137. The van der Waals surface area contributed by atoms with Gasteiger partial charge in [0.25, 0.3) is 0 Å². The van der Waals surface area contributed by atoms with Crippen molar-refractivity contribution in [2.45, 2.75) is 6.18 Å². The number of hydrogen-bond acceptors (Lipinski definition) is 2. The molecule has 3 N–H and O–H groups in total. The molecule has 2 aromatic rings. The van der Waals surface area contributed by atoms with Gasteiger partial charge in [-0.1, -0.05) is 23.2 Å². The van der Waals surface area contributed by atoms with E-state index in [2.05, 4.69) is 5.32 Å². The maximum Gasteiger partial charge on any atom is 0.416 e. The van der Waals surface area contributed by atoms with Crippen LogP contribution in [0.25, 0.3) is 0 Å². The molecule has 0 heterocycles. The number of rotatable bonds is 2. The van der Waals surface area contributed by atoms with Gasteiger partial charge in [0.2, 0.25) is 0 Å². The maximum absolute atomic E-state index is 12.4. The van der Waals surface area contributed by atoms with E-state index in [1.54, 1.807) is 0 Å². The second-order valence-electron chi connectivity index (χ2n) is 4.06. The van der Waals surface area contributed by atoms with Gasteiger partial charge in [-0.3, -0.25) is 0 Å². The van der Waals surface area contributed by atoms with Crippen LogP contribution < -0.4 is 11.1 Å². The number of benzene rings is 2. The van der Waals surface area contributed by atoms with Crippen LogP contribution in [-0.4, -0.2) is 0 Å². The second-order valence-corrected chi connectivity index (χ2v) is 4.87. The minimum Gasteiger partial charge on any atom is -0.399 e. The van der Waals surface area contributed by atoms with Gasteiger partial charge in [0, 0.05) is 11.4 Å². The van der Waals surface area contributed by atoms with E-state index < -0.39 is 11.7 Å². The predicted octanol–water partition coefficient (Wildman–Crippen LogP) is 5.34. The third-order valence-electron chi connectivity index (χ3n) is 2.55. The van der Waals surface area contributed by atoms with Crippen molar-refractivity contribution in [2.24, 2.45) is 0 Å². The van der Waals surface area contributed by atoms with E-state index in [0.29, 0.717) is 17.1 Å². The zero-order valence-electron chi connectivity index (χ0n) is 9.93. The maximum atomic E-state index is 12.4. The number of alkyl halides is 3. The zero-order chi connectivity index (χ0) is 14.9. The summed E-state index contributed by atoms with van der Waals surface area (Å²) in [6, 6.07) is 7.54. The Labute approximate surface area is 123 Å². The largest absolute Gasteiger partial charge is 0.416 e. The summed E-state index contributed by atoms with van der Waals surface area (Å²) in [4.78, 5) is 0. The molecule has 0 amide bonds. The Bertz CT molecular complexity index is 601. The summed E-state index contributed by atoms with van der Waals surface area (Å²) >= 11 is 12.0. The Morgan fingerprint density at radius 2 is 1.45 bits per heavy atom. The van der Waals surface area contributed by atoms with Gasteiger partial charge in [0.1, 0.15) is 0 Å². The lowest BCUT2D eigenvalue weighted by atomic mass is 10.2. The van der Waals surface area contributed by atoms with Crippen LogP contribution in [0.4, 0.5) is 30.2 Å². The molecular weight excluding hydrogens is 312 g/mol. The molecule has 2 aromatic carbocycles. The normalized spacial score (nSPS) is 11.4. The van der Waals surface area contributed by atoms with Crippen LogP contribution in [0, 0.1) is 0 Å². The average Bonchev–Trinajstić information content (AvgIpc) is 2.33. The molecule has 0 aliphatic rings. The molecule has 2 rings (SSSR count). The van der Waals surface area contributed by atoms with Gasteiger partial charge in [-0.15, -0.1) is 0 Å². The van der Waals surface area contributed by atoms with Crippen molar-refractivity contribution in [3.63, 3.8) is 0 Å². The standard InChI is InChI=1S/C13H9Cl2F3N2/c14-10-5-8(19)6-11(15)12(10)20-9-3-1-7(2-4-9)13(16,17)18/h1-6,20H,19H2. The first kappa shape index (κ1) is 14.8. The van der Waals surface area contributed by atoms with E-state index in [1.807, 2.05) is 0 Å². The van der Waals surface area contributed by atoms with Crippen molar-refractivity contribution in [1.29, 1.82) is 0 Å². The fourth-order valence-corrected chi connectivity index (χ4v) is 2.20. The zero-order valence-corrected chi connectivity index (χ0v) is 11.4. The lowest BCUT2D eigenvalue weighted by Gasteiger charge is -2.12. The monoisotopic (exact) mass is 320 g/mol. The molecule has 0 bridgehead atoms. The predicted molar refractivity (Wildman–Crippen MR) is 75.6 cm³/mol. The average molecular weight is 321 g/mol. The highest BCUT2D eigenvalue weighted by atomic mass is 35.5. The van der Waals surface area contributed by atoms with Crippen LogP contribution >= 0.6 is 23.2 Å². The Morgan fingerprint density at radius 3 is 1.90 bits per heavy atom. The molecule has 0 fully saturated rings. The first-order valence-corrected chi connectivity index (χ1v) is 6.22. The number of halogens is 5. The van der Waals surface area contributed by atoms with Crippen molar-refractivity contribution >= 4 is 40.3 Å². The number of nitrogens with one attached hydrogen (secondary N) is 1. The van der Waals surface area contributed by atoms with E-state index in [1.165, 1.54) is 24.3 Å². The van der Waals surface area contributed by atoms with E-state index >= 15 is 0 Å². The second kappa shape index (κ2) is 5.42. The minimum absolute atomic E-state index is 0.287. The number of anilines is 3. The highest BCUT2D eigenvalue weighted by molar-refractivity contribution is 6.39. The van der Waals surface area contributed by atoms with Gasteiger partial charge in [0.05, 0.1) is 21.3 Å². The van der Waals surface area contributed by atoms with Crippen LogP contribution in [0.1, 0.15) is 5.56 Å². The molecule has 0 saturated carbocycles. The van der Waals surface area contributed by atoms with Gasteiger partial charge in [0.15, 0.2) is 0 Å². The van der Waals surface area contributed by atoms with Crippen LogP contribution in [0.3, 0.4) is 0 Å².